The highest BCUT2D eigenvalue weighted by Gasteiger charge is 2.27. The lowest BCUT2D eigenvalue weighted by Crippen LogP contribution is -2.33. The molecule has 0 aliphatic carbocycles. The number of carbonyl (C=O) groups excluding carboxylic acids is 1. The highest BCUT2D eigenvalue weighted by Crippen LogP contribution is 2.45. The first kappa shape index (κ1) is 15.9. The first-order chi connectivity index (χ1) is 10.1. The molecule has 2 rings (SSSR count). The molecule has 118 valence electrons. The summed E-state index contributed by atoms with van der Waals surface area (Å²) in [6.45, 7) is 6.75. The molecule has 21 heavy (non-hydrogen) atoms. The normalized spacial score (nSPS) is 16.0. The van der Waals surface area contributed by atoms with Crippen molar-refractivity contribution < 1.29 is 9.53 Å². The maximum atomic E-state index is 12.1. The molecular weight excluding hydrogens is 286 g/mol. The Hall–Kier alpha value is -1.43. The van der Waals surface area contributed by atoms with Crippen LogP contribution in [0.5, 0.6) is 5.75 Å². The Balaban J connectivity index is 2.23. The van der Waals surface area contributed by atoms with Crippen LogP contribution in [0.25, 0.3) is 0 Å². The van der Waals surface area contributed by atoms with Crippen molar-refractivity contribution in [3.05, 3.63) is 4.88 Å². The van der Waals surface area contributed by atoms with Gasteiger partial charge < -0.3 is 20.7 Å². The van der Waals surface area contributed by atoms with Gasteiger partial charge in [-0.25, -0.2) is 0 Å². The zero-order valence-electron chi connectivity index (χ0n) is 13.1. The van der Waals surface area contributed by atoms with Crippen LogP contribution in [0.1, 0.15) is 42.8 Å². The number of nitrogens with zero attached hydrogens (tertiary/aromatic N) is 1. The van der Waals surface area contributed by atoms with Gasteiger partial charge in [-0.05, 0) is 25.7 Å². The van der Waals surface area contributed by atoms with E-state index in [-0.39, 0.29) is 5.91 Å². The van der Waals surface area contributed by atoms with Gasteiger partial charge in [-0.15, -0.1) is 11.3 Å². The number of hydrogen-bond acceptors (Lipinski definition) is 5. The second kappa shape index (κ2) is 7.02. The summed E-state index contributed by atoms with van der Waals surface area (Å²) in [5.74, 6) is 1.34. The highest BCUT2D eigenvalue weighted by molar-refractivity contribution is 7.19. The number of ether oxygens (including phenoxy) is 1. The number of anilines is 2. The van der Waals surface area contributed by atoms with E-state index in [4.69, 9.17) is 10.5 Å². The molecule has 1 amide bonds. The first-order valence-electron chi connectivity index (χ1n) is 7.61. The molecule has 1 aliphatic rings. The van der Waals surface area contributed by atoms with E-state index in [9.17, 15) is 4.79 Å². The van der Waals surface area contributed by atoms with Crippen LogP contribution in [0.15, 0.2) is 0 Å². The maximum absolute atomic E-state index is 12.1. The van der Waals surface area contributed by atoms with Gasteiger partial charge in [0.15, 0.2) is 5.75 Å². The standard InChI is InChI=1S/C15H25N3O2S/c1-4-10-6-8-18(9-7-10)15-12(20-3)11(16)13(21-15)14(19)17-5-2/h10H,4-9,16H2,1-3H3,(H,17,19). The molecule has 5 nitrogen and oxygen atoms in total. The molecule has 0 unspecified atom stereocenters. The van der Waals surface area contributed by atoms with Crippen molar-refractivity contribution in [3.8, 4) is 5.75 Å². The third kappa shape index (κ3) is 3.26. The Morgan fingerprint density at radius 3 is 2.62 bits per heavy atom. The summed E-state index contributed by atoms with van der Waals surface area (Å²) in [4.78, 5) is 14.9. The average molecular weight is 311 g/mol. The lowest BCUT2D eigenvalue weighted by molar-refractivity contribution is 0.0960. The molecule has 1 aromatic heterocycles. The molecule has 1 aliphatic heterocycles. The number of nitrogens with one attached hydrogen (secondary N) is 1. The molecule has 0 spiro atoms. The number of nitrogens with two attached hydrogens (primary N) is 1. The highest BCUT2D eigenvalue weighted by atomic mass is 32.1. The first-order valence-corrected chi connectivity index (χ1v) is 8.43. The Morgan fingerprint density at radius 1 is 1.43 bits per heavy atom. The van der Waals surface area contributed by atoms with E-state index < -0.39 is 0 Å². The van der Waals surface area contributed by atoms with Gasteiger partial charge in [0.05, 0.1) is 7.11 Å². The summed E-state index contributed by atoms with van der Waals surface area (Å²) in [5, 5.41) is 3.80. The number of piperidine rings is 1. The van der Waals surface area contributed by atoms with Crippen molar-refractivity contribution in [3.63, 3.8) is 0 Å². The fourth-order valence-corrected chi connectivity index (χ4v) is 3.93. The van der Waals surface area contributed by atoms with Gasteiger partial charge in [0.2, 0.25) is 0 Å². The number of carbonyl (C=O) groups is 1. The summed E-state index contributed by atoms with van der Waals surface area (Å²) in [5.41, 5.74) is 6.56. The minimum Gasteiger partial charge on any atom is -0.492 e. The topological polar surface area (TPSA) is 67.6 Å². The van der Waals surface area contributed by atoms with Crippen molar-refractivity contribution >= 4 is 27.9 Å². The lowest BCUT2D eigenvalue weighted by Gasteiger charge is -2.32. The van der Waals surface area contributed by atoms with E-state index in [0.29, 0.717) is 22.9 Å². The van der Waals surface area contributed by atoms with Gasteiger partial charge in [0.25, 0.3) is 5.91 Å². The number of thiophene rings is 1. The van der Waals surface area contributed by atoms with Crippen molar-refractivity contribution in [1.82, 2.24) is 5.32 Å². The molecule has 0 radical (unpaired) electrons. The minimum absolute atomic E-state index is 0.118. The van der Waals surface area contributed by atoms with E-state index in [2.05, 4.69) is 17.1 Å². The molecule has 1 aromatic rings. The van der Waals surface area contributed by atoms with Crippen molar-refractivity contribution in [2.24, 2.45) is 5.92 Å². The molecule has 0 bridgehead atoms. The Kier molecular flexibility index (Phi) is 5.33. The summed E-state index contributed by atoms with van der Waals surface area (Å²) >= 11 is 1.44. The van der Waals surface area contributed by atoms with Gasteiger partial charge in [-0.2, -0.15) is 0 Å². The molecule has 3 N–H and O–H groups in total. The van der Waals surface area contributed by atoms with Crippen LogP contribution in [0.3, 0.4) is 0 Å². The monoisotopic (exact) mass is 311 g/mol. The number of methoxy groups -OCH3 is 1. The van der Waals surface area contributed by atoms with E-state index in [1.165, 1.54) is 30.6 Å². The molecule has 0 atom stereocenters. The number of hydrogen-bond donors (Lipinski definition) is 2. The predicted octanol–water partition coefficient (Wildman–Crippen LogP) is 2.72. The van der Waals surface area contributed by atoms with Crippen LogP contribution in [0.4, 0.5) is 10.7 Å². The molecule has 1 saturated heterocycles. The Labute approximate surface area is 130 Å². The number of rotatable bonds is 5. The summed E-state index contributed by atoms with van der Waals surface area (Å²) in [6.07, 6.45) is 3.61. The van der Waals surface area contributed by atoms with Gasteiger partial charge in [0, 0.05) is 19.6 Å². The van der Waals surface area contributed by atoms with E-state index in [1.807, 2.05) is 6.92 Å². The molecule has 6 heteroatoms. The fraction of sp³-hybridized carbons (Fsp3) is 0.667. The summed E-state index contributed by atoms with van der Waals surface area (Å²) in [6, 6.07) is 0. The zero-order chi connectivity index (χ0) is 15.4. The van der Waals surface area contributed by atoms with Crippen molar-refractivity contribution in [2.75, 3.05) is 37.4 Å². The quantitative estimate of drug-likeness (QED) is 0.877. The minimum atomic E-state index is -0.118. The Morgan fingerprint density at radius 2 is 2.10 bits per heavy atom. The molecule has 1 fully saturated rings. The second-order valence-corrected chi connectivity index (χ2v) is 6.38. The van der Waals surface area contributed by atoms with Crippen LogP contribution in [-0.2, 0) is 0 Å². The van der Waals surface area contributed by atoms with Crippen molar-refractivity contribution in [1.29, 1.82) is 0 Å². The van der Waals surface area contributed by atoms with E-state index >= 15 is 0 Å². The van der Waals surface area contributed by atoms with Crippen LogP contribution < -0.4 is 20.7 Å². The van der Waals surface area contributed by atoms with Gasteiger partial charge >= 0.3 is 0 Å². The van der Waals surface area contributed by atoms with Gasteiger partial charge in [-0.1, -0.05) is 13.3 Å². The smallest absolute Gasteiger partial charge is 0.263 e. The summed E-state index contributed by atoms with van der Waals surface area (Å²) < 4.78 is 5.46. The lowest BCUT2D eigenvalue weighted by atomic mass is 9.94. The number of amides is 1. The molecule has 0 saturated carbocycles. The van der Waals surface area contributed by atoms with E-state index in [0.717, 1.165) is 24.0 Å². The zero-order valence-corrected chi connectivity index (χ0v) is 13.9. The van der Waals surface area contributed by atoms with Gasteiger partial charge in [0.1, 0.15) is 15.6 Å². The predicted molar refractivity (Wildman–Crippen MR) is 88.5 cm³/mol. The maximum Gasteiger partial charge on any atom is 0.263 e. The van der Waals surface area contributed by atoms with Crippen LogP contribution in [0.2, 0.25) is 0 Å². The molecule has 0 aromatic carbocycles. The number of nitrogen functional groups attached to an aromatic ring is 1. The third-order valence-electron chi connectivity index (χ3n) is 4.11. The van der Waals surface area contributed by atoms with Crippen LogP contribution >= 0.6 is 11.3 Å². The van der Waals surface area contributed by atoms with Crippen molar-refractivity contribution in [2.45, 2.75) is 33.1 Å². The second-order valence-electron chi connectivity index (χ2n) is 5.38. The van der Waals surface area contributed by atoms with Gasteiger partial charge in [-0.3, -0.25) is 4.79 Å². The van der Waals surface area contributed by atoms with Crippen LogP contribution in [0, 0.1) is 5.92 Å². The average Bonchev–Trinajstić information content (AvgIpc) is 2.84. The largest absolute Gasteiger partial charge is 0.492 e. The molecular formula is C15H25N3O2S. The summed E-state index contributed by atoms with van der Waals surface area (Å²) in [7, 11) is 1.61. The van der Waals surface area contributed by atoms with Crippen LogP contribution in [-0.4, -0.2) is 32.7 Å². The van der Waals surface area contributed by atoms with E-state index in [1.54, 1.807) is 7.11 Å². The Bertz CT molecular complexity index is 493. The fourth-order valence-electron chi connectivity index (χ4n) is 2.78. The third-order valence-corrected chi connectivity index (χ3v) is 5.36. The molecule has 2 heterocycles. The SMILES string of the molecule is CCNC(=O)c1sc(N2CCC(CC)CC2)c(OC)c1N.